The van der Waals surface area contributed by atoms with Crippen LogP contribution in [0, 0.1) is 0 Å². The van der Waals surface area contributed by atoms with Crippen LogP contribution >= 0.6 is 0 Å². The summed E-state index contributed by atoms with van der Waals surface area (Å²) in [5.41, 5.74) is 4.66. The fourth-order valence-corrected chi connectivity index (χ4v) is 2.65. The van der Waals surface area contributed by atoms with Crippen molar-refractivity contribution in [3.63, 3.8) is 0 Å². The first-order chi connectivity index (χ1) is 11.9. The van der Waals surface area contributed by atoms with Crippen molar-refractivity contribution >= 4 is 23.1 Å². The molecule has 0 saturated carbocycles. The van der Waals surface area contributed by atoms with Crippen LogP contribution < -0.4 is 10.2 Å². The zero-order valence-corrected chi connectivity index (χ0v) is 13.9. The highest BCUT2D eigenvalue weighted by Crippen LogP contribution is 2.34. The molecule has 3 rings (SSSR count). The fourth-order valence-electron chi connectivity index (χ4n) is 2.65. The molecule has 0 unspecified atom stereocenters. The van der Waals surface area contributed by atoms with Crippen LogP contribution in [0.15, 0.2) is 91.0 Å². The Morgan fingerprint density at radius 2 is 1.21 bits per heavy atom. The summed E-state index contributed by atoms with van der Waals surface area (Å²) in [6, 6.07) is 29.5. The average Bonchev–Trinajstić information content (AvgIpc) is 2.65. The molecular formula is C22H22N2. The molecule has 120 valence electrons. The molecule has 24 heavy (non-hydrogen) atoms. The zero-order chi connectivity index (χ0) is 16.6. The van der Waals surface area contributed by atoms with Gasteiger partial charge in [-0.1, -0.05) is 60.7 Å². The molecule has 0 fully saturated rings. The Bertz CT molecular complexity index is 723. The summed E-state index contributed by atoms with van der Waals surface area (Å²) in [6.07, 6.45) is 4.26. The van der Waals surface area contributed by atoms with Crippen LogP contribution in [-0.2, 0) is 0 Å². The Morgan fingerprint density at radius 1 is 0.708 bits per heavy atom. The van der Waals surface area contributed by atoms with E-state index in [2.05, 4.69) is 95.2 Å². The van der Waals surface area contributed by atoms with E-state index in [1.165, 1.54) is 5.56 Å². The van der Waals surface area contributed by atoms with Crippen LogP contribution in [0.4, 0.5) is 17.1 Å². The van der Waals surface area contributed by atoms with E-state index in [0.29, 0.717) is 0 Å². The lowest BCUT2D eigenvalue weighted by Gasteiger charge is -2.25. The average molecular weight is 314 g/mol. The number of nitrogens with zero attached hydrogens (tertiary/aromatic N) is 1. The van der Waals surface area contributed by atoms with Crippen molar-refractivity contribution in [1.82, 2.24) is 5.32 Å². The molecule has 0 aromatic heterocycles. The Balaban J connectivity index is 1.94. The Kier molecular flexibility index (Phi) is 5.44. The lowest BCUT2D eigenvalue weighted by atomic mass is 10.1. The molecule has 0 atom stereocenters. The normalized spacial score (nSPS) is 10.9. The molecule has 3 aromatic carbocycles. The number of likely N-dealkylation sites (N-methyl/N-ethyl adjacent to an activating group) is 1. The second-order valence-electron chi connectivity index (χ2n) is 5.56. The smallest absolute Gasteiger partial charge is 0.0462 e. The van der Waals surface area contributed by atoms with E-state index < -0.39 is 0 Å². The maximum atomic E-state index is 3.12. The van der Waals surface area contributed by atoms with Crippen molar-refractivity contribution < 1.29 is 0 Å². The van der Waals surface area contributed by atoms with Gasteiger partial charge in [0.1, 0.15) is 0 Å². The van der Waals surface area contributed by atoms with Gasteiger partial charge in [-0.25, -0.2) is 0 Å². The van der Waals surface area contributed by atoms with E-state index in [1.807, 2.05) is 19.2 Å². The summed E-state index contributed by atoms with van der Waals surface area (Å²) in [4.78, 5) is 2.26. The molecule has 0 heterocycles. The monoisotopic (exact) mass is 314 g/mol. The van der Waals surface area contributed by atoms with Gasteiger partial charge in [-0.15, -0.1) is 0 Å². The zero-order valence-electron chi connectivity index (χ0n) is 13.9. The highest BCUT2D eigenvalue weighted by molar-refractivity contribution is 5.76. The lowest BCUT2D eigenvalue weighted by molar-refractivity contribution is 0.922. The molecule has 3 aromatic rings. The van der Waals surface area contributed by atoms with Crippen molar-refractivity contribution in [2.24, 2.45) is 0 Å². The van der Waals surface area contributed by atoms with Gasteiger partial charge in [0.25, 0.3) is 0 Å². The van der Waals surface area contributed by atoms with Crippen LogP contribution in [-0.4, -0.2) is 13.6 Å². The highest BCUT2D eigenvalue weighted by atomic mass is 15.1. The van der Waals surface area contributed by atoms with Crippen LogP contribution in [0.1, 0.15) is 5.56 Å². The van der Waals surface area contributed by atoms with Crippen LogP contribution in [0.5, 0.6) is 0 Å². The number of para-hydroxylation sites is 2. The first kappa shape index (κ1) is 16.0. The van der Waals surface area contributed by atoms with Crippen LogP contribution in [0.3, 0.4) is 0 Å². The number of anilines is 3. The molecule has 0 bridgehead atoms. The van der Waals surface area contributed by atoms with Crippen molar-refractivity contribution in [3.8, 4) is 0 Å². The summed E-state index contributed by atoms with van der Waals surface area (Å²) in [5.74, 6) is 0. The van der Waals surface area contributed by atoms with Gasteiger partial charge in [0, 0.05) is 23.6 Å². The third-order valence-electron chi connectivity index (χ3n) is 3.81. The number of hydrogen-bond acceptors (Lipinski definition) is 2. The van der Waals surface area contributed by atoms with Gasteiger partial charge >= 0.3 is 0 Å². The van der Waals surface area contributed by atoms with E-state index in [4.69, 9.17) is 0 Å². The topological polar surface area (TPSA) is 15.3 Å². The SMILES string of the molecule is CNCC=Cc1ccc(N(c2ccccc2)c2ccccc2)cc1. The molecule has 0 radical (unpaired) electrons. The molecule has 0 aliphatic heterocycles. The van der Waals surface area contributed by atoms with Gasteiger partial charge in [0.2, 0.25) is 0 Å². The molecule has 2 nitrogen and oxygen atoms in total. The van der Waals surface area contributed by atoms with Crippen LogP contribution in [0.2, 0.25) is 0 Å². The standard InChI is InChI=1S/C22H22N2/c1-23-18-8-9-19-14-16-22(17-15-19)24(20-10-4-2-5-11-20)21-12-6-3-7-13-21/h2-17,23H,18H2,1H3. The molecule has 0 amide bonds. The van der Waals surface area contributed by atoms with Gasteiger partial charge in [-0.2, -0.15) is 0 Å². The van der Waals surface area contributed by atoms with Gasteiger partial charge < -0.3 is 10.2 Å². The number of nitrogens with one attached hydrogen (secondary N) is 1. The minimum atomic E-state index is 0.877. The predicted octanol–water partition coefficient (Wildman–Crippen LogP) is 5.39. The summed E-state index contributed by atoms with van der Waals surface area (Å²) >= 11 is 0. The Morgan fingerprint density at radius 3 is 1.71 bits per heavy atom. The fraction of sp³-hybridized carbons (Fsp3) is 0.0909. The predicted molar refractivity (Wildman–Crippen MR) is 104 cm³/mol. The van der Waals surface area contributed by atoms with Gasteiger partial charge in [0.15, 0.2) is 0 Å². The van der Waals surface area contributed by atoms with Crippen molar-refractivity contribution in [2.75, 3.05) is 18.5 Å². The number of benzene rings is 3. The van der Waals surface area contributed by atoms with Gasteiger partial charge in [-0.3, -0.25) is 0 Å². The minimum Gasteiger partial charge on any atom is -0.316 e. The molecule has 0 spiro atoms. The summed E-state index contributed by atoms with van der Waals surface area (Å²) < 4.78 is 0. The highest BCUT2D eigenvalue weighted by Gasteiger charge is 2.10. The second kappa shape index (κ2) is 8.14. The van der Waals surface area contributed by atoms with Crippen molar-refractivity contribution in [2.45, 2.75) is 0 Å². The minimum absolute atomic E-state index is 0.877. The third-order valence-corrected chi connectivity index (χ3v) is 3.81. The first-order valence-electron chi connectivity index (χ1n) is 8.20. The number of hydrogen-bond donors (Lipinski definition) is 1. The molecule has 0 aliphatic rings. The van der Waals surface area contributed by atoms with E-state index in [9.17, 15) is 0 Å². The molecule has 0 aliphatic carbocycles. The molecular weight excluding hydrogens is 292 g/mol. The maximum absolute atomic E-state index is 3.12. The summed E-state index contributed by atoms with van der Waals surface area (Å²) in [5, 5.41) is 3.12. The summed E-state index contributed by atoms with van der Waals surface area (Å²) in [7, 11) is 1.95. The van der Waals surface area contributed by atoms with E-state index in [1.54, 1.807) is 0 Å². The number of rotatable bonds is 6. The van der Waals surface area contributed by atoms with E-state index in [-0.39, 0.29) is 0 Å². The van der Waals surface area contributed by atoms with Crippen molar-refractivity contribution in [3.05, 3.63) is 96.6 Å². The lowest BCUT2D eigenvalue weighted by Crippen LogP contribution is -2.09. The third kappa shape index (κ3) is 3.92. The first-order valence-corrected chi connectivity index (χ1v) is 8.20. The molecule has 2 heteroatoms. The van der Waals surface area contributed by atoms with Gasteiger partial charge in [0.05, 0.1) is 0 Å². The largest absolute Gasteiger partial charge is 0.316 e. The second-order valence-corrected chi connectivity index (χ2v) is 5.56. The van der Waals surface area contributed by atoms with Crippen LogP contribution in [0.25, 0.3) is 6.08 Å². The van der Waals surface area contributed by atoms with E-state index >= 15 is 0 Å². The van der Waals surface area contributed by atoms with Crippen molar-refractivity contribution in [1.29, 1.82) is 0 Å². The Labute approximate surface area is 144 Å². The molecule has 1 N–H and O–H groups in total. The molecule has 0 saturated heterocycles. The van der Waals surface area contributed by atoms with Gasteiger partial charge in [-0.05, 0) is 49.0 Å². The Hall–Kier alpha value is -2.84. The van der Waals surface area contributed by atoms with E-state index in [0.717, 1.165) is 23.6 Å². The quantitative estimate of drug-likeness (QED) is 0.656. The maximum Gasteiger partial charge on any atom is 0.0462 e. The summed E-state index contributed by atoms with van der Waals surface area (Å²) in [6.45, 7) is 0.877.